The highest BCUT2D eigenvalue weighted by atomic mass is 14.2. The van der Waals surface area contributed by atoms with E-state index in [4.69, 9.17) is 0 Å². The summed E-state index contributed by atoms with van der Waals surface area (Å²) in [7, 11) is 0. The lowest BCUT2D eigenvalue weighted by Crippen LogP contribution is -2.07. The fourth-order valence-electron chi connectivity index (χ4n) is 4.00. The number of hydrogen-bond donors (Lipinski definition) is 0. The third kappa shape index (κ3) is 2.65. The van der Waals surface area contributed by atoms with Crippen LogP contribution < -0.4 is 0 Å². The molecule has 0 saturated carbocycles. The summed E-state index contributed by atoms with van der Waals surface area (Å²) in [4.78, 5) is 0. The lowest BCUT2D eigenvalue weighted by molar-refractivity contribution is 0.887. The van der Waals surface area contributed by atoms with Gasteiger partial charge < -0.3 is 0 Å². The third-order valence-electron chi connectivity index (χ3n) is 6.01. The Morgan fingerprint density at radius 3 is 1.71 bits per heavy atom. The second-order valence-electron chi connectivity index (χ2n) is 7.37. The SMILES string of the molecule is Cc1ccc2cc(C(C)c3c(C)c(C)c(C)c(C)c3C)ccc2c1. The van der Waals surface area contributed by atoms with Gasteiger partial charge in [-0.1, -0.05) is 48.9 Å². The number of rotatable bonds is 2. The molecular weight excluding hydrogens is 288 g/mol. The van der Waals surface area contributed by atoms with Crippen molar-refractivity contribution in [2.24, 2.45) is 0 Å². The molecule has 1 atom stereocenters. The number of fused-ring (bicyclic) bond motifs is 1. The maximum absolute atomic E-state index is 2.36. The van der Waals surface area contributed by atoms with Crippen molar-refractivity contribution in [2.75, 3.05) is 0 Å². The molecular formula is C24H28. The Morgan fingerprint density at radius 2 is 1.08 bits per heavy atom. The molecule has 0 saturated heterocycles. The number of aryl methyl sites for hydroxylation is 1. The number of hydrogen-bond acceptors (Lipinski definition) is 0. The van der Waals surface area contributed by atoms with Crippen LogP contribution in [0, 0.1) is 41.5 Å². The molecule has 0 aliphatic carbocycles. The maximum Gasteiger partial charge on any atom is 0.00666 e. The van der Waals surface area contributed by atoms with E-state index in [1.54, 1.807) is 0 Å². The van der Waals surface area contributed by atoms with Crippen molar-refractivity contribution in [3.63, 3.8) is 0 Å². The van der Waals surface area contributed by atoms with Crippen LogP contribution in [0.4, 0.5) is 0 Å². The maximum atomic E-state index is 2.36. The Hall–Kier alpha value is -2.08. The summed E-state index contributed by atoms with van der Waals surface area (Å²) in [5.41, 5.74) is 11.4. The van der Waals surface area contributed by atoms with Crippen LogP contribution in [-0.4, -0.2) is 0 Å². The van der Waals surface area contributed by atoms with E-state index in [9.17, 15) is 0 Å². The molecule has 0 amide bonds. The van der Waals surface area contributed by atoms with Gasteiger partial charge in [0.05, 0.1) is 0 Å². The summed E-state index contributed by atoms with van der Waals surface area (Å²) in [6.07, 6.45) is 0. The fraction of sp³-hybridized carbons (Fsp3) is 0.333. The lowest BCUT2D eigenvalue weighted by atomic mass is 9.81. The van der Waals surface area contributed by atoms with Crippen LogP contribution >= 0.6 is 0 Å². The molecule has 0 fully saturated rings. The molecule has 0 spiro atoms. The molecule has 24 heavy (non-hydrogen) atoms. The molecule has 3 rings (SSSR count). The van der Waals surface area contributed by atoms with Gasteiger partial charge >= 0.3 is 0 Å². The van der Waals surface area contributed by atoms with E-state index in [-0.39, 0.29) is 0 Å². The van der Waals surface area contributed by atoms with Gasteiger partial charge in [-0.15, -0.1) is 0 Å². The fourth-order valence-corrected chi connectivity index (χ4v) is 4.00. The minimum absolute atomic E-state index is 0.411. The summed E-state index contributed by atoms with van der Waals surface area (Å²) < 4.78 is 0. The molecule has 3 aromatic carbocycles. The molecule has 0 heteroatoms. The van der Waals surface area contributed by atoms with Crippen molar-refractivity contribution in [3.05, 3.63) is 80.9 Å². The van der Waals surface area contributed by atoms with E-state index in [1.807, 2.05) is 0 Å². The van der Waals surface area contributed by atoms with E-state index >= 15 is 0 Å². The molecule has 124 valence electrons. The van der Waals surface area contributed by atoms with Gasteiger partial charge in [0.15, 0.2) is 0 Å². The van der Waals surface area contributed by atoms with E-state index < -0.39 is 0 Å². The van der Waals surface area contributed by atoms with Crippen LogP contribution in [-0.2, 0) is 0 Å². The van der Waals surface area contributed by atoms with Crippen molar-refractivity contribution < 1.29 is 0 Å². The van der Waals surface area contributed by atoms with Crippen molar-refractivity contribution in [1.29, 1.82) is 0 Å². The van der Waals surface area contributed by atoms with Crippen molar-refractivity contribution in [2.45, 2.75) is 54.4 Å². The van der Waals surface area contributed by atoms with Crippen LogP contribution in [0.5, 0.6) is 0 Å². The smallest absolute Gasteiger partial charge is 0.00666 e. The number of benzene rings is 3. The topological polar surface area (TPSA) is 0 Å². The van der Waals surface area contributed by atoms with Gasteiger partial charge in [-0.3, -0.25) is 0 Å². The molecule has 1 unspecified atom stereocenters. The first-order chi connectivity index (χ1) is 11.3. The van der Waals surface area contributed by atoms with Crippen LogP contribution in [0.1, 0.15) is 57.3 Å². The van der Waals surface area contributed by atoms with Gasteiger partial charge in [0.25, 0.3) is 0 Å². The van der Waals surface area contributed by atoms with Crippen molar-refractivity contribution >= 4 is 10.8 Å². The molecule has 0 N–H and O–H groups in total. The van der Waals surface area contributed by atoms with Crippen molar-refractivity contribution in [3.8, 4) is 0 Å². The highest BCUT2D eigenvalue weighted by molar-refractivity contribution is 5.84. The normalized spacial score (nSPS) is 12.6. The van der Waals surface area contributed by atoms with Gasteiger partial charge in [0.2, 0.25) is 0 Å². The summed E-state index contributed by atoms with van der Waals surface area (Å²) >= 11 is 0. The molecule has 0 aromatic heterocycles. The molecule has 0 aliphatic heterocycles. The van der Waals surface area contributed by atoms with Gasteiger partial charge in [0.1, 0.15) is 0 Å². The second-order valence-corrected chi connectivity index (χ2v) is 7.37. The quantitative estimate of drug-likeness (QED) is 0.485. The molecule has 0 radical (unpaired) electrons. The summed E-state index contributed by atoms with van der Waals surface area (Å²) in [5, 5.41) is 2.66. The Kier molecular flexibility index (Phi) is 4.25. The summed E-state index contributed by atoms with van der Waals surface area (Å²) in [6, 6.07) is 13.6. The first-order valence-electron chi connectivity index (χ1n) is 8.88. The van der Waals surface area contributed by atoms with Crippen LogP contribution in [0.25, 0.3) is 10.8 Å². The van der Waals surface area contributed by atoms with Gasteiger partial charge in [0, 0.05) is 5.92 Å². The Morgan fingerprint density at radius 1 is 0.583 bits per heavy atom. The first kappa shape index (κ1) is 16.8. The Balaban J connectivity index is 2.16. The summed E-state index contributed by atoms with van der Waals surface area (Å²) in [5.74, 6) is 0.411. The Bertz CT molecular complexity index is 899. The molecule has 3 aromatic rings. The zero-order valence-electron chi connectivity index (χ0n) is 16.0. The van der Waals surface area contributed by atoms with Crippen molar-refractivity contribution in [1.82, 2.24) is 0 Å². The molecule has 0 heterocycles. The van der Waals surface area contributed by atoms with E-state index in [1.165, 1.54) is 55.3 Å². The minimum Gasteiger partial charge on any atom is -0.0587 e. The highest BCUT2D eigenvalue weighted by Gasteiger charge is 2.18. The second kappa shape index (κ2) is 6.09. The predicted molar refractivity (Wildman–Crippen MR) is 106 cm³/mol. The van der Waals surface area contributed by atoms with Gasteiger partial charge in [-0.25, -0.2) is 0 Å². The monoisotopic (exact) mass is 316 g/mol. The van der Waals surface area contributed by atoms with Crippen LogP contribution in [0.3, 0.4) is 0 Å². The summed E-state index contributed by atoms with van der Waals surface area (Å²) in [6.45, 7) is 15.8. The van der Waals surface area contributed by atoms with Gasteiger partial charge in [-0.05, 0) is 91.3 Å². The largest absolute Gasteiger partial charge is 0.0587 e. The third-order valence-corrected chi connectivity index (χ3v) is 6.01. The van der Waals surface area contributed by atoms with Gasteiger partial charge in [-0.2, -0.15) is 0 Å². The average molecular weight is 316 g/mol. The van der Waals surface area contributed by atoms with E-state index in [2.05, 4.69) is 84.9 Å². The zero-order chi connectivity index (χ0) is 17.6. The van der Waals surface area contributed by atoms with E-state index in [0.717, 1.165) is 0 Å². The minimum atomic E-state index is 0.411. The molecule has 0 nitrogen and oxygen atoms in total. The standard InChI is InChI=1S/C24H28/c1-14-8-9-23-13-21(10-11-22(23)12-14)20(7)24-18(5)16(3)15(2)17(4)19(24)6/h8-13,20H,1-7H3. The lowest BCUT2D eigenvalue weighted by Gasteiger charge is -2.24. The molecule has 0 aliphatic rings. The van der Waals surface area contributed by atoms with Crippen LogP contribution in [0.15, 0.2) is 36.4 Å². The van der Waals surface area contributed by atoms with Crippen LogP contribution in [0.2, 0.25) is 0 Å². The van der Waals surface area contributed by atoms with E-state index in [0.29, 0.717) is 5.92 Å². The predicted octanol–water partition coefficient (Wildman–Crippen LogP) is 6.84. The average Bonchev–Trinajstić information content (AvgIpc) is 2.57. The first-order valence-corrected chi connectivity index (χ1v) is 8.88. The zero-order valence-corrected chi connectivity index (χ0v) is 16.0. The highest BCUT2D eigenvalue weighted by Crippen LogP contribution is 2.35. The molecule has 0 bridgehead atoms. The Labute approximate surface area is 146 Å².